The maximum atomic E-state index is 12.2. The van der Waals surface area contributed by atoms with Crippen LogP contribution in [0.15, 0.2) is 39.1 Å². The summed E-state index contributed by atoms with van der Waals surface area (Å²) < 4.78 is 27.6. The molecule has 0 bridgehead atoms. The van der Waals surface area contributed by atoms with E-state index in [-0.39, 0.29) is 10.9 Å². The largest absolute Gasteiger partial charge is 0.398 e. The lowest BCUT2D eigenvalue weighted by atomic mass is 10.3. The fourth-order valence-corrected chi connectivity index (χ4v) is 3.70. The summed E-state index contributed by atoms with van der Waals surface area (Å²) in [5.41, 5.74) is 6.07. The van der Waals surface area contributed by atoms with Crippen molar-refractivity contribution in [2.45, 2.75) is 17.9 Å². The van der Waals surface area contributed by atoms with Crippen molar-refractivity contribution < 1.29 is 8.42 Å². The second-order valence-corrected chi connectivity index (χ2v) is 7.39. The number of anilines is 1. The highest BCUT2D eigenvalue weighted by atomic mass is 79.9. The number of hydrogen-bond donors (Lipinski definition) is 2. The maximum Gasteiger partial charge on any atom is 0.241 e. The van der Waals surface area contributed by atoms with Crippen LogP contribution in [0.4, 0.5) is 5.69 Å². The number of aromatic nitrogens is 1. The van der Waals surface area contributed by atoms with E-state index in [1.807, 2.05) is 0 Å². The van der Waals surface area contributed by atoms with Gasteiger partial charge in [-0.05, 0) is 41.1 Å². The lowest BCUT2D eigenvalue weighted by molar-refractivity contribution is 0.566. The van der Waals surface area contributed by atoms with Crippen LogP contribution in [0.25, 0.3) is 0 Å². The highest BCUT2D eigenvalue weighted by Crippen LogP contribution is 2.24. The minimum Gasteiger partial charge on any atom is -0.398 e. The third-order valence-electron chi connectivity index (χ3n) is 2.43. The molecule has 0 saturated carbocycles. The summed E-state index contributed by atoms with van der Waals surface area (Å²) in [4.78, 5) is 4.22. The second kappa shape index (κ2) is 5.58. The van der Waals surface area contributed by atoms with Crippen LogP contribution in [0.1, 0.15) is 18.0 Å². The molecule has 8 heteroatoms. The van der Waals surface area contributed by atoms with Gasteiger partial charge in [0.25, 0.3) is 0 Å². The van der Waals surface area contributed by atoms with Gasteiger partial charge in [0.15, 0.2) is 0 Å². The first-order chi connectivity index (χ1) is 8.90. The molecule has 0 fully saturated rings. The fraction of sp³-hybridized carbons (Fsp3) is 0.182. The van der Waals surface area contributed by atoms with Gasteiger partial charge in [0.2, 0.25) is 10.0 Å². The summed E-state index contributed by atoms with van der Waals surface area (Å²) >= 11 is 4.63. The van der Waals surface area contributed by atoms with Gasteiger partial charge in [-0.3, -0.25) is 0 Å². The van der Waals surface area contributed by atoms with Gasteiger partial charge >= 0.3 is 0 Å². The number of nitrogens with two attached hydrogens (primary N) is 1. The number of nitrogens with one attached hydrogen (secondary N) is 1. The molecule has 19 heavy (non-hydrogen) atoms. The van der Waals surface area contributed by atoms with Crippen LogP contribution >= 0.6 is 27.3 Å². The van der Waals surface area contributed by atoms with Crippen molar-refractivity contribution in [3.05, 3.63) is 39.3 Å². The van der Waals surface area contributed by atoms with Crippen molar-refractivity contribution in [1.29, 1.82) is 0 Å². The Bertz CT molecular complexity index is 671. The van der Waals surface area contributed by atoms with Gasteiger partial charge in [-0.1, -0.05) is 0 Å². The molecule has 0 aliphatic heterocycles. The Hall–Kier alpha value is -0.960. The summed E-state index contributed by atoms with van der Waals surface area (Å²) in [6.07, 6.45) is 1.64. The number of sulfonamides is 1. The molecule has 0 saturated heterocycles. The van der Waals surface area contributed by atoms with Crippen molar-refractivity contribution in [3.63, 3.8) is 0 Å². The van der Waals surface area contributed by atoms with Gasteiger partial charge in [-0.2, -0.15) is 0 Å². The predicted octanol–water partition coefficient (Wildman–Crippen LogP) is 2.53. The van der Waals surface area contributed by atoms with Crippen LogP contribution in [0.3, 0.4) is 0 Å². The summed E-state index contributed by atoms with van der Waals surface area (Å²) in [5.74, 6) is 0. The van der Waals surface area contributed by atoms with Crippen LogP contribution in [0, 0.1) is 0 Å². The second-order valence-electron chi connectivity index (χ2n) is 3.90. The third kappa shape index (κ3) is 3.33. The molecule has 0 aliphatic rings. The Morgan fingerprint density at radius 1 is 1.47 bits per heavy atom. The zero-order valence-corrected chi connectivity index (χ0v) is 13.2. The average Bonchev–Trinajstić information content (AvgIpc) is 2.85. The first kappa shape index (κ1) is 14.4. The molecule has 1 aromatic heterocycles. The van der Waals surface area contributed by atoms with E-state index in [1.165, 1.54) is 23.5 Å². The molecule has 1 atom stereocenters. The molecular formula is C11H12BrN3O2S2. The SMILES string of the molecule is CC(NS(=O)(=O)c1ccc(Br)c(N)c1)c1nccs1. The lowest BCUT2D eigenvalue weighted by Gasteiger charge is -2.12. The number of nitrogen functional groups attached to an aromatic ring is 1. The fourth-order valence-electron chi connectivity index (χ4n) is 1.49. The van der Waals surface area contributed by atoms with Crippen LogP contribution in [0.2, 0.25) is 0 Å². The van der Waals surface area contributed by atoms with Gasteiger partial charge in [0, 0.05) is 21.7 Å². The van der Waals surface area contributed by atoms with Crippen LogP contribution in [-0.4, -0.2) is 13.4 Å². The normalized spacial score (nSPS) is 13.4. The number of thiazole rings is 1. The quantitative estimate of drug-likeness (QED) is 0.819. The number of halogens is 1. The Labute approximate surface area is 124 Å². The Morgan fingerprint density at radius 2 is 2.21 bits per heavy atom. The van der Waals surface area contributed by atoms with Crippen molar-refractivity contribution in [3.8, 4) is 0 Å². The zero-order chi connectivity index (χ0) is 14.0. The van der Waals surface area contributed by atoms with Gasteiger partial charge in [-0.25, -0.2) is 18.1 Å². The van der Waals surface area contributed by atoms with Crippen LogP contribution in [0.5, 0.6) is 0 Å². The van der Waals surface area contributed by atoms with E-state index in [1.54, 1.807) is 24.6 Å². The molecule has 0 aliphatic carbocycles. The summed E-state index contributed by atoms with van der Waals surface area (Å²) in [5, 5.41) is 2.52. The Kier molecular flexibility index (Phi) is 4.24. The van der Waals surface area contributed by atoms with E-state index >= 15 is 0 Å². The number of hydrogen-bond acceptors (Lipinski definition) is 5. The average molecular weight is 362 g/mol. The van der Waals surface area contributed by atoms with Crippen LogP contribution < -0.4 is 10.5 Å². The van der Waals surface area contributed by atoms with Gasteiger partial charge in [0.05, 0.1) is 10.9 Å². The molecule has 5 nitrogen and oxygen atoms in total. The number of nitrogens with zero attached hydrogens (tertiary/aromatic N) is 1. The van der Waals surface area contributed by atoms with Gasteiger partial charge < -0.3 is 5.73 Å². The van der Waals surface area contributed by atoms with Crippen molar-refractivity contribution in [1.82, 2.24) is 9.71 Å². The molecule has 1 unspecified atom stereocenters. The highest BCUT2D eigenvalue weighted by molar-refractivity contribution is 9.10. The van der Waals surface area contributed by atoms with E-state index in [0.717, 1.165) is 0 Å². The van der Waals surface area contributed by atoms with E-state index in [2.05, 4.69) is 25.6 Å². The molecule has 1 heterocycles. The van der Waals surface area contributed by atoms with Crippen LogP contribution in [-0.2, 0) is 10.0 Å². The lowest BCUT2D eigenvalue weighted by Crippen LogP contribution is -2.26. The smallest absolute Gasteiger partial charge is 0.241 e. The van der Waals surface area contributed by atoms with Crippen molar-refractivity contribution in [2.75, 3.05) is 5.73 Å². The van der Waals surface area contributed by atoms with E-state index in [9.17, 15) is 8.42 Å². The molecule has 102 valence electrons. The number of rotatable bonds is 4. The van der Waals surface area contributed by atoms with Gasteiger partial charge in [-0.15, -0.1) is 11.3 Å². The molecule has 1 aromatic carbocycles. The van der Waals surface area contributed by atoms with E-state index < -0.39 is 10.0 Å². The maximum absolute atomic E-state index is 12.2. The minimum atomic E-state index is -3.61. The molecule has 2 aromatic rings. The van der Waals surface area contributed by atoms with E-state index in [4.69, 9.17) is 5.73 Å². The number of benzene rings is 1. The van der Waals surface area contributed by atoms with E-state index in [0.29, 0.717) is 15.2 Å². The zero-order valence-electron chi connectivity index (χ0n) is 10.00. The first-order valence-electron chi connectivity index (χ1n) is 5.37. The molecule has 0 amide bonds. The Balaban J connectivity index is 2.25. The molecule has 2 rings (SSSR count). The van der Waals surface area contributed by atoms with Gasteiger partial charge in [0.1, 0.15) is 5.01 Å². The monoisotopic (exact) mass is 361 g/mol. The van der Waals surface area contributed by atoms with Crippen molar-refractivity contribution >= 4 is 43.0 Å². The standard InChI is InChI=1S/C11H12BrN3O2S2/c1-7(11-14-4-5-18-11)15-19(16,17)8-2-3-9(12)10(13)6-8/h2-7,15H,13H2,1H3. The predicted molar refractivity (Wildman–Crippen MR) is 79.4 cm³/mol. The Morgan fingerprint density at radius 3 is 2.79 bits per heavy atom. The third-order valence-corrected chi connectivity index (χ3v) is 5.65. The molecule has 3 N–H and O–H groups in total. The minimum absolute atomic E-state index is 0.136. The molecular weight excluding hydrogens is 350 g/mol. The van der Waals surface area contributed by atoms with Crippen molar-refractivity contribution in [2.24, 2.45) is 0 Å². The topological polar surface area (TPSA) is 85.1 Å². The molecule has 0 radical (unpaired) electrons. The summed E-state index contributed by atoms with van der Waals surface area (Å²) in [7, 11) is -3.61. The highest BCUT2D eigenvalue weighted by Gasteiger charge is 2.20. The summed E-state index contributed by atoms with van der Waals surface area (Å²) in [6.45, 7) is 1.75. The first-order valence-corrected chi connectivity index (χ1v) is 8.52. The summed E-state index contributed by atoms with van der Waals surface area (Å²) in [6, 6.07) is 4.14. The molecule has 0 spiro atoms.